The van der Waals surface area contributed by atoms with E-state index < -0.39 is 25.1 Å². The molecule has 0 bridgehead atoms. The minimum Gasteiger partial charge on any atom is -0.870 e. The summed E-state index contributed by atoms with van der Waals surface area (Å²) in [4.78, 5) is -0.751. The van der Waals surface area contributed by atoms with Crippen molar-refractivity contribution in [2.75, 3.05) is 0 Å². The van der Waals surface area contributed by atoms with Crippen molar-refractivity contribution in [3.05, 3.63) is 96.1 Å². The standard InChI is InChI=1S/2C26H38O5S.Ca/c2*1-2-3-4-5-6-7-8-9-10-11-12-13-16-22-19-20-26(32(28,29)30)25(21-22)31-24-18-15-14-17-23(24)27;/h2*14-15,17-21,27H,2-13,16H2,1H3,(H,28,29,30);/q;;+2/p-2. The Morgan fingerprint density at radius 1 is 0.462 bits per heavy atom. The number of rotatable bonds is 32. The first kappa shape index (κ1) is 58.3. The van der Waals surface area contributed by atoms with Gasteiger partial charge in [0.1, 0.15) is 32.3 Å². The second kappa shape index (κ2) is 33.6. The van der Waals surface area contributed by atoms with Crippen LogP contribution in [0.15, 0.2) is 94.7 Å². The fraction of sp³-hybridized carbons (Fsp3) is 0.538. The van der Waals surface area contributed by atoms with Crippen molar-refractivity contribution in [3.8, 4) is 34.5 Å². The summed E-state index contributed by atoms with van der Waals surface area (Å²) in [5, 5.41) is 21.8. The maximum absolute atomic E-state index is 11.9. The van der Waals surface area contributed by atoms with Gasteiger partial charge in [0.05, 0.1) is 4.90 Å². The molecule has 4 aromatic rings. The van der Waals surface area contributed by atoms with Gasteiger partial charge in [-0.3, -0.25) is 4.55 Å². The van der Waals surface area contributed by atoms with Gasteiger partial charge in [0, 0.05) is 0 Å². The number of aryl methyl sites for hydroxylation is 2. The monoisotopic (exact) mass is 962 g/mol. The molecule has 0 saturated heterocycles. The van der Waals surface area contributed by atoms with Gasteiger partial charge in [0.2, 0.25) is 0 Å². The molecule has 2 N–H and O–H groups in total. The van der Waals surface area contributed by atoms with Crippen LogP contribution in [0.5, 0.6) is 34.5 Å². The maximum atomic E-state index is 11.9. The zero-order valence-electron chi connectivity index (χ0n) is 39.2. The van der Waals surface area contributed by atoms with E-state index in [0.717, 1.165) is 49.7 Å². The first-order valence-electron chi connectivity index (χ1n) is 23.9. The molecular formula is C52H74CaO10S2. The number of aromatic hydroxyl groups is 1. The molecule has 0 aromatic heterocycles. The molecule has 0 unspecified atom stereocenters. The summed E-state index contributed by atoms with van der Waals surface area (Å²) in [7, 11) is -9.14. The fourth-order valence-electron chi connectivity index (χ4n) is 7.65. The summed E-state index contributed by atoms with van der Waals surface area (Å²) in [6.07, 6.45) is 32.2. The molecule has 0 spiro atoms. The third-order valence-corrected chi connectivity index (χ3v) is 13.1. The molecule has 0 aliphatic heterocycles. The molecule has 0 heterocycles. The Balaban J connectivity index is 0.000000440. The molecule has 356 valence electrons. The zero-order chi connectivity index (χ0) is 46.5. The van der Waals surface area contributed by atoms with E-state index in [4.69, 9.17) is 9.47 Å². The fourth-order valence-corrected chi connectivity index (χ4v) is 8.83. The van der Waals surface area contributed by atoms with Crippen LogP contribution >= 0.6 is 0 Å². The van der Waals surface area contributed by atoms with Gasteiger partial charge in [0.25, 0.3) is 10.1 Å². The van der Waals surface area contributed by atoms with E-state index in [1.165, 1.54) is 159 Å². The smallest absolute Gasteiger partial charge is 0.870 e. The summed E-state index contributed by atoms with van der Waals surface area (Å²) in [5.41, 5.74) is 1.83. The van der Waals surface area contributed by atoms with Crippen LogP contribution in [0.1, 0.15) is 179 Å². The van der Waals surface area contributed by atoms with Gasteiger partial charge in [-0.1, -0.05) is 203 Å². The molecule has 4 aromatic carbocycles. The van der Waals surface area contributed by atoms with Gasteiger partial charge >= 0.3 is 37.7 Å². The van der Waals surface area contributed by atoms with Crippen LogP contribution in [0.25, 0.3) is 0 Å². The summed E-state index contributed by atoms with van der Waals surface area (Å²) < 4.78 is 78.9. The molecule has 13 heteroatoms. The molecule has 10 nitrogen and oxygen atoms in total. The number of ether oxygens (including phenoxy) is 2. The number of hydrogen-bond donors (Lipinski definition) is 2. The Morgan fingerprint density at radius 3 is 1.22 bits per heavy atom. The Bertz CT molecular complexity index is 1970. The van der Waals surface area contributed by atoms with Crippen LogP contribution in [0.4, 0.5) is 0 Å². The molecule has 0 atom stereocenters. The van der Waals surface area contributed by atoms with Crippen LogP contribution < -0.4 is 14.6 Å². The SMILES string of the molecule is CCCCCCCCCCCCCCc1ccc(S(=O)(=O)O)c(Oc2ccccc2O)c1.CCCCCCCCCCCCCCc1ccc(S(=O)(=O)[O-])c(Oc2ccccc2[O-])c1.[Ca+2]. The predicted molar refractivity (Wildman–Crippen MR) is 260 cm³/mol. The molecule has 4 rings (SSSR count). The Hall–Kier alpha value is -2.84. The first-order valence-corrected chi connectivity index (χ1v) is 26.8. The Morgan fingerprint density at radius 2 is 0.815 bits per heavy atom. The molecule has 0 aliphatic carbocycles. The minimum absolute atomic E-state index is 0. The molecule has 0 radical (unpaired) electrons. The van der Waals surface area contributed by atoms with Crippen molar-refractivity contribution in [2.45, 2.75) is 191 Å². The van der Waals surface area contributed by atoms with E-state index in [1.54, 1.807) is 54.6 Å². The van der Waals surface area contributed by atoms with E-state index >= 15 is 0 Å². The van der Waals surface area contributed by atoms with E-state index in [9.17, 15) is 36.2 Å². The normalized spacial score (nSPS) is 11.4. The third-order valence-electron chi connectivity index (χ3n) is 11.4. The summed E-state index contributed by atoms with van der Waals surface area (Å²) >= 11 is 0. The average molecular weight is 963 g/mol. The Labute approximate surface area is 421 Å². The second-order valence-electron chi connectivity index (χ2n) is 16.9. The van der Waals surface area contributed by atoms with Gasteiger partial charge in [-0.2, -0.15) is 8.42 Å². The van der Waals surface area contributed by atoms with Crippen molar-refractivity contribution in [1.82, 2.24) is 0 Å². The van der Waals surface area contributed by atoms with Crippen molar-refractivity contribution in [2.24, 2.45) is 0 Å². The number of phenolic OH excluding ortho intramolecular Hbond substituents is 1. The topological polar surface area (TPSA) is 173 Å². The van der Waals surface area contributed by atoms with Gasteiger partial charge in [-0.25, -0.2) is 8.42 Å². The number of para-hydroxylation sites is 4. The molecular weight excluding hydrogens is 889 g/mol. The minimum atomic E-state index is -4.71. The van der Waals surface area contributed by atoms with Gasteiger partial charge in [0.15, 0.2) is 11.5 Å². The number of hydrogen-bond acceptors (Lipinski definition) is 9. The van der Waals surface area contributed by atoms with E-state index in [0.29, 0.717) is 0 Å². The van der Waals surface area contributed by atoms with Crippen molar-refractivity contribution in [1.29, 1.82) is 0 Å². The number of unbranched alkanes of at least 4 members (excludes halogenated alkanes) is 22. The third kappa shape index (κ3) is 24.7. The van der Waals surface area contributed by atoms with E-state index in [1.807, 2.05) is 0 Å². The molecule has 0 fully saturated rings. The quantitative estimate of drug-likeness (QED) is 0.0272. The number of benzene rings is 4. The second-order valence-corrected chi connectivity index (χ2v) is 19.6. The molecule has 0 amide bonds. The van der Waals surface area contributed by atoms with Crippen molar-refractivity contribution >= 4 is 58.0 Å². The zero-order valence-corrected chi connectivity index (χ0v) is 43.0. The van der Waals surface area contributed by atoms with Gasteiger partial charge in [-0.05, 0) is 79.3 Å². The molecule has 0 aliphatic rings. The van der Waals surface area contributed by atoms with Crippen LogP contribution in [0.2, 0.25) is 0 Å². The number of phenols is 1. The van der Waals surface area contributed by atoms with Crippen LogP contribution in [0, 0.1) is 0 Å². The van der Waals surface area contributed by atoms with Crippen LogP contribution in [-0.2, 0) is 33.1 Å². The van der Waals surface area contributed by atoms with Crippen molar-refractivity contribution in [3.63, 3.8) is 0 Å². The molecule has 65 heavy (non-hydrogen) atoms. The Kier molecular flexibility index (Phi) is 30.1. The summed E-state index contributed by atoms with van der Waals surface area (Å²) in [6, 6.07) is 21.5. The van der Waals surface area contributed by atoms with Gasteiger partial charge in [-0.15, -0.1) is 0 Å². The summed E-state index contributed by atoms with van der Waals surface area (Å²) in [6.45, 7) is 4.49. The van der Waals surface area contributed by atoms with Crippen molar-refractivity contribution < 1.29 is 45.6 Å². The first-order chi connectivity index (χ1) is 30.8. The predicted octanol–water partition coefficient (Wildman–Crippen LogP) is 14.0. The van der Waals surface area contributed by atoms with Crippen LogP contribution in [0.3, 0.4) is 0 Å². The van der Waals surface area contributed by atoms with Gasteiger partial charge < -0.3 is 24.2 Å². The summed E-state index contributed by atoms with van der Waals surface area (Å²) in [5.74, 6) is -0.390. The van der Waals surface area contributed by atoms with E-state index in [-0.39, 0.29) is 77.1 Å². The van der Waals surface area contributed by atoms with E-state index in [2.05, 4.69) is 13.8 Å². The maximum Gasteiger partial charge on any atom is 2.00 e. The average Bonchev–Trinajstić information content (AvgIpc) is 3.25. The van der Waals surface area contributed by atoms with Crippen LogP contribution in [-0.4, -0.2) is 68.8 Å². The largest absolute Gasteiger partial charge is 2.00 e. The molecule has 0 saturated carbocycles.